The smallest absolute Gasteiger partial charge is 0.449 e. The van der Waals surface area contributed by atoms with Crippen LogP contribution in [0.4, 0.5) is 0 Å². The molecule has 0 aromatic heterocycles. The number of benzene rings is 1. The number of aromatic hydroxyl groups is 1. The van der Waals surface area contributed by atoms with Gasteiger partial charge in [0.2, 0.25) is 0 Å². The highest BCUT2D eigenvalue weighted by Crippen LogP contribution is 2.18. The summed E-state index contributed by atoms with van der Waals surface area (Å²) in [5, 5.41) is 8.98. The number of phenols is 1. The molecule has 86 valence electrons. The van der Waals surface area contributed by atoms with Crippen LogP contribution in [0.1, 0.15) is 5.56 Å². The molecule has 0 saturated carbocycles. The molecule has 1 rings (SSSR count). The Morgan fingerprint density at radius 2 is 1.75 bits per heavy atom. The van der Waals surface area contributed by atoms with Gasteiger partial charge in [-0.2, -0.15) is 8.42 Å². The zero-order valence-electron chi connectivity index (χ0n) is 7.95. The Bertz CT molecular complexity index is 513. The Hall–Kier alpha value is -1.86. The lowest BCUT2D eigenvalue weighted by atomic mass is 10.1. The molecule has 6 nitrogen and oxygen atoms in total. The maximum absolute atomic E-state index is 11.1. The first-order chi connectivity index (χ1) is 7.29. The molecule has 0 unspecified atom stereocenters. The van der Waals surface area contributed by atoms with Crippen molar-refractivity contribution in [2.75, 3.05) is 0 Å². The Labute approximate surface area is 91.7 Å². The largest absolute Gasteiger partial charge is 0.508 e. The molecule has 1 aromatic rings. The summed E-state index contributed by atoms with van der Waals surface area (Å²) in [6.07, 6.45) is 0. The third kappa shape index (κ3) is 3.37. The fourth-order valence-corrected chi connectivity index (χ4v) is 1.22. The topological polar surface area (TPSA) is 101 Å². The van der Waals surface area contributed by atoms with Crippen molar-refractivity contribution in [3.63, 3.8) is 0 Å². The van der Waals surface area contributed by atoms with Gasteiger partial charge < -0.3 is 9.29 Å². The van der Waals surface area contributed by atoms with Crippen LogP contribution in [-0.4, -0.2) is 24.0 Å². The molecule has 0 aliphatic heterocycles. The van der Waals surface area contributed by atoms with E-state index in [0.29, 0.717) is 0 Å². The second kappa shape index (κ2) is 4.33. The van der Waals surface area contributed by atoms with Gasteiger partial charge in [0.05, 0.1) is 5.57 Å². The van der Waals surface area contributed by atoms with E-state index in [2.05, 4.69) is 10.8 Å². The SMILES string of the molecule is C=C(C(=O)OS(=O)(=O)O)c1ccc(O)cc1. The van der Waals surface area contributed by atoms with Crippen LogP contribution in [0.3, 0.4) is 0 Å². The van der Waals surface area contributed by atoms with Crippen LogP contribution in [0.15, 0.2) is 30.8 Å². The predicted octanol–water partition coefficient (Wildman–Crippen LogP) is 0.751. The first-order valence-electron chi connectivity index (χ1n) is 3.99. The van der Waals surface area contributed by atoms with Crippen LogP contribution in [0.25, 0.3) is 5.57 Å². The normalized spacial score (nSPS) is 10.8. The van der Waals surface area contributed by atoms with E-state index >= 15 is 0 Å². The van der Waals surface area contributed by atoms with E-state index in [0.717, 1.165) is 0 Å². The maximum atomic E-state index is 11.1. The zero-order chi connectivity index (χ0) is 12.3. The summed E-state index contributed by atoms with van der Waals surface area (Å²) in [5.41, 5.74) is 0.0177. The molecule has 0 spiro atoms. The minimum Gasteiger partial charge on any atom is -0.508 e. The van der Waals surface area contributed by atoms with Gasteiger partial charge in [-0.25, -0.2) is 4.79 Å². The number of carbonyl (C=O) groups excluding carboxylic acids is 1. The molecule has 0 atom stereocenters. The average Bonchev–Trinajstić information content (AvgIpc) is 2.15. The Morgan fingerprint density at radius 1 is 1.25 bits per heavy atom. The van der Waals surface area contributed by atoms with Crippen LogP contribution in [0, 0.1) is 0 Å². The molecule has 0 radical (unpaired) electrons. The molecule has 1 aromatic carbocycles. The first kappa shape index (κ1) is 12.2. The quantitative estimate of drug-likeness (QED) is 0.601. The van der Waals surface area contributed by atoms with Gasteiger partial charge in [-0.15, -0.1) is 0 Å². The van der Waals surface area contributed by atoms with E-state index in [9.17, 15) is 13.2 Å². The van der Waals surface area contributed by atoms with Crippen molar-refractivity contribution in [3.05, 3.63) is 36.4 Å². The second-order valence-electron chi connectivity index (χ2n) is 2.82. The number of hydrogen-bond acceptors (Lipinski definition) is 5. The lowest BCUT2D eigenvalue weighted by molar-refractivity contribution is -0.127. The zero-order valence-corrected chi connectivity index (χ0v) is 8.77. The van der Waals surface area contributed by atoms with Gasteiger partial charge in [0.15, 0.2) is 0 Å². The molecule has 0 saturated heterocycles. The summed E-state index contributed by atoms with van der Waals surface area (Å²) in [5.74, 6) is -1.30. The highest BCUT2D eigenvalue weighted by molar-refractivity contribution is 7.81. The van der Waals surface area contributed by atoms with Crippen LogP contribution in [0.2, 0.25) is 0 Å². The van der Waals surface area contributed by atoms with Crippen molar-refractivity contribution < 1.29 is 27.1 Å². The number of hydrogen-bond donors (Lipinski definition) is 2. The summed E-state index contributed by atoms with van der Waals surface area (Å²) in [6, 6.07) is 5.29. The molecule has 0 amide bonds. The molecule has 7 heteroatoms. The predicted molar refractivity (Wildman–Crippen MR) is 54.8 cm³/mol. The van der Waals surface area contributed by atoms with Crippen molar-refractivity contribution >= 4 is 21.9 Å². The van der Waals surface area contributed by atoms with Gasteiger partial charge in [-0.3, -0.25) is 4.55 Å². The second-order valence-corrected chi connectivity index (χ2v) is 3.85. The minimum atomic E-state index is -4.84. The summed E-state index contributed by atoms with van der Waals surface area (Å²) in [4.78, 5) is 11.1. The molecular formula is C9H8O6S. The standard InChI is InChI=1S/C9H8O6S/c1-6(9(11)15-16(12,13)14)7-2-4-8(10)5-3-7/h2-5,10H,1H2,(H,12,13,14). The van der Waals surface area contributed by atoms with Gasteiger partial charge >= 0.3 is 16.4 Å². The van der Waals surface area contributed by atoms with Gasteiger partial charge in [-0.05, 0) is 17.7 Å². The van der Waals surface area contributed by atoms with E-state index in [1.54, 1.807) is 0 Å². The highest BCUT2D eigenvalue weighted by Gasteiger charge is 2.17. The molecular weight excluding hydrogens is 236 g/mol. The molecule has 0 bridgehead atoms. The minimum absolute atomic E-state index is 0.0142. The first-order valence-corrected chi connectivity index (χ1v) is 5.35. The Morgan fingerprint density at radius 3 is 2.19 bits per heavy atom. The summed E-state index contributed by atoms with van der Waals surface area (Å²) < 4.78 is 32.5. The number of carbonyl (C=O) groups is 1. The number of phenolic OH excluding ortho intramolecular Hbond substituents is 1. The van der Waals surface area contributed by atoms with Gasteiger partial charge in [0.25, 0.3) is 0 Å². The van der Waals surface area contributed by atoms with E-state index in [4.69, 9.17) is 9.66 Å². The Balaban J connectivity index is 2.87. The van der Waals surface area contributed by atoms with Crippen molar-refractivity contribution in [1.82, 2.24) is 0 Å². The molecule has 0 heterocycles. The van der Waals surface area contributed by atoms with Gasteiger partial charge in [0, 0.05) is 0 Å². The third-order valence-corrected chi connectivity index (χ3v) is 2.01. The molecule has 2 N–H and O–H groups in total. The lowest BCUT2D eigenvalue weighted by Crippen LogP contribution is -2.12. The Kier molecular flexibility index (Phi) is 3.31. The van der Waals surface area contributed by atoms with E-state index < -0.39 is 16.4 Å². The maximum Gasteiger partial charge on any atom is 0.449 e. The van der Waals surface area contributed by atoms with Crippen molar-refractivity contribution in [2.24, 2.45) is 0 Å². The van der Waals surface area contributed by atoms with Crippen molar-refractivity contribution in [3.8, 4) is 5.75 Å². The van der Waals surface area contributed by atoms with Crippen LogP contribution >= 0.6 is 0 Å². The summed E-state index contributed by atoms with van der Waals surface area (Å²) in [7, 11) is -4.84. The third-order valence-electron chi connectivity index (χ3n) is 1.64. The van der Waals surface area contributed by atoms with Gasteiger partial charge in [-0.1, -0.05) is 18.7 Å². The molecule has 0 fully saturated rings. The van der Waals surface area contributed by atoms with E-state index in [1.165, 1.54) is 24.3 Å². The number of rotatable bonds is 3. The van der Waals surface area contributed by atoms with Crippen molar-refractivity contribution in [2.45, 2.75) is 0 Å². The fraction of sp³-hybridized carbons (Fsp3) is 0. The molecule has 16 heavy (non-hydrogen) atoms. The molecule has 0 aliphatic carbocycles. The van der Waals surface area contributed by atoms with Crippen molar-refractivity contribution in [1.29, 1.82) is 0 Å². The van der Waals surface area contributed by atoms with Crippen LogP contribution in [0.5, 0.6) is 5.75 Å². The van der Waals surface area contributed by atoms with E-state index in [-0.39, 0.29) is 16.9 Å². The monoisotopic (exact) mass is 244 g/mol. The van der Waals surface area contributed by atoms with Crippen LogP contribution < -0.4 is 0 Å². The van der Waals surface area contributed by atoms with Crippen LogP contribution in [-0.2, 0) is 19.4 Å². The van der Waals surface area contributed by atoms with E-state index in [1.807, 2.05) is 0 Å². The fourth-order valence-electron chi connectivity index (χ4n) is 0.926. The molecule has 0 aliphatic rings. The average molecular weight is 244 g/mol. The van der Waals surface area contributed by atoms with Gasteiger partial charge in [0.1, 0.15) is 5.75 Å². The highest BCUT2D eigenvalue weighted by atomic mass is 32.3. The summed E-state index contributed by atoms with van der Waals surface area (Å²) in [6.45, 7) is 3.31. The summed E-state index contributed by atoms with van der Waals surface area (Å²) >= 11 is 0. The lowest BCUT2D eigenvalue weighted by Gasteiger charge is -2.03.